The number of rotatable bonds is 10. The van der Waals surface area contributed by atoms with Crippen molar-refractivity contribution in [2.45, 2.75) is 44.3 Å². The van der Waals surface area contributed by atoms with Crippen molar-refractivity contribution in [3.05, 3.63) is 28.6 Å². The highest BCUT2D eigenvalue weighted by Gasteiger charge is 2.47. The molecule has 0 aromatic carbocycles. The number of anilines is 1. The maximum Gasteiger partial charge on any atom is 0.490 e. The van der Waals surface area contributed by atoms with Crippen LogP contribution in [0.5, 0.6) is 0 Å². The Morgan fingerprint density at radius 2 is 1.73 bits per heavy atom. The first-order chi connectivity index (χ1) is 16.9. The molecule has 0 bridgehead atoms. The average Bonchev–Trinajstić information content (AvgIpc) is 3.31. The van der Waals surface area contributed by atoms with E-state index in [1.165, 1.54) is 10.9 Å². The highest BCUT2D eigenvalue weighted by molar-refractivity contribution is 7.66. The number of aliphatic hydroxyl groups is 2. The normalized spacial score (nSPS) is 25.8. The minimum Gasteiger partial charge on any atom is -0.387 e. The lowest BCUT2D eigenvalue weighted by Crippen LogP contribution is -2.36. The summed E-state index contributed by atoms with van der Waals surface area (Å²) in [4.78, 5) is 51.9. The number of phosphoric acid groups is 3. The van der Waals surface area contributed by atoms with Gasteiger partial charge in [-0.15, -0.1) is 5.10 Å². The van der Waals surface area contributed by atoms with Crippen LogP contribution in [-0.4, -0.2) is 79.3 Å². The minimum absolute atomic E-state index is 0.0132. The molecule has 2 aromatic rings. The molecule has 0 saturated carbocycles. The number of aromatic nitrogens is 5. The van der Waals surface area contributed by atoms with Crippen molar-refractivity contribution in [2.75, 3.05) is 12.3 Å². The van der Waals surface area contributed by atoms with Crippen LogP contribution in [0.2, 0.25) is 0 Å². The first-order valence-electron chi connectivity index (χ1n) is 10.0. The molecule has 0 amide bonds. The van der Waals surface area contributed by atoms with Crippen molar-refractivity contribution in [3.8, 4) is 5.69 Å². The zero-order chi connectivity index (χ0) is 27.9. The summed E-state index contributed by atoms with van der Waals surface area (Å²) in [5.41, 5.74) is 5.48. The van der Waals surface area contributed by atoms with Gasteiger partial charge in [0.15, 0.2) is 12.0 Å². The van der Waals surface area contributed by atoms with Crippen LogP contribution in [0.3, 0.4) is 0 Å². The van der Waals surface area contributed by atoms with Crippen molar-refractivity contribution in [1.82, 2.24) is 24.5 Å². The topological polar surface area (TPSA) is 301 Å². The Hall–Kier alpha value is -1.89. The molecule has 20 nitrogen and oxygen atoms in total. The molecule has 0 radical (unpaired) electrons. The maximum absolute atomic E-state index is 12.5. The lowest BCUT2D eigenvalue weighted by Gasteiger charge is -2.19. The van der Waals surface area contributed by atoms with E-state index >= 15 is 0 Å². The number of hydrogen-bond donors (Lipinski definition) is 7. The molecule has 208 valence electrons. The second kappa shape index (κ2) is 10.7. The molecule has 37 heavy (non-hydrogen) atoms. The van der Waals surface area contributed by atoms with Gasteiger partial charge >= 0.3 is 29.2 Å². The number of nitrogens with two attached hydrogens (primary N) is 1. The van der Waals surface area contributed by atoms with Gasteiger partial charge in [0.1, 0.15) is 24.0 Å². The van der Waals surface area contributed by atoms with Crippen molar-refractivity contribution in [2.24, 2.45) is 0 Å². The molecule has 1 fully saturated rings. The SMILES string of the molecule is CC(C)c1cn(-c2cn([C@@H]3O[C@H](COP(=O)(O)OP(=O)(O)OP(=O)(O)O)C(O)[C@@H]3O)c(=O)nc2N)nn1. The van der Waals surface area contributed by atoms with Gasteiger partial charge < -0.3 is 40.3 Å². The smallest absolute Gasteiger partial charge is 0.387 e. The summed E-state index contributed by atoms with van der Waals surface area (Å²) in [6.07, 6.45) is -4.22. The zero-order valence-electron chi connectivity index (χ0n) is 18.9. The summed E-state index contributed by atoms with van der Waals surface area (Å²) >= 11 is 0. The van der Waals surface area contributed by atoms with E-state index in [0.717, 1.165) is 10.8 Å². The van der Waals surface area contributed by atoms with Crippen molar-refractivity contribution in [1.29, 1.82) is 0 Å². The number of hydrogen-bond acceptors (Lipinski definition) is 14. The maximum atomic E-state index is 12.5. The third-order valence-corrected chi connectivity index (χ3v) is 8.54. The van der Waals surface area contributed by atoms with Crippen LogP contribution in [0, 0.1) is 0 Å². The van der Waals surface area contributed by atoms with E-state index in [2.05, 4.69) is 28.4 Å². The molecule has 3 rings (SSSR count). The van der Waals surface area contributed by atoms with E-state index in [4.69, 9.17) is 20.3 Å². The molecule has 0 spiro atoms. The van der Waals surface area contributed by atoms with Crippen molar-refractivity contribution in [3.63, 3.8) is 0 Å². The van der Waals surface area contributed by atoms with Gasteiger partial charge in [0.05, 0.1) is 18.5 Å². The Labute approximate surface area is 206 Å². The largest absolute Gasteiger partial charge is 0.490 e. The highest BCUT2D eigenvalue weighted by atomic mass is 31.3. The minimum atomic E-state index is -5.77. The van der Waals surface area contributed by atoms with E-state index < -0.39 is 60.3 Å². The third kappa shape index (κ3) is 7.36. The fourth-order valence-electron chi connectivity index (χ4n) is 3.06. The van der Waals surface area contributed by atoms with Gasteiger partial charge in [-0.3, -0.25) is 9.09 Å². The Kier molecular flexibility index (Phi) is 8.58. The summed E-state index contributed by atoms with van der Waals surface area (Å²) in [5.74, 6) is -0.224. The van der Waals surface area contributed by atoms with E-state index in [-0.39, 0.29) is 17.4 Å². The number of nitrogen functional groups attached to an aromatic ring is 1. The molecule has 1 aliphatic heterocycles. The molecule has 3 heterocycles. The van der Waals surface area contributed by atoms with Gasteiger partial charge in [0.25, 0.3) is 0 Å². The third-order valence-electron chi connectivity index (χ3n) is 4.74. The quantitative estimate of drug-likeness (QED) is 0.154. The second-order valence-electron chi connectivity index (χ2n) is 7.88. The first-order valence-corrected chi connectivity index (χ1v) is 14.5. The second-order valence-corrected chi connectivity index (χ2v) is 12.3. The number of phosphoric ester groups is 1. The van der Waals surface area contributed by atoms with Gasteiger partial charge in [0.2, 0.25) is 0 Å². The molecule has 23 heteroatoms. The molecule has 2 aromatic heterocycles. The lowest BCUT2D eigenvalue weighted by atomic mass is 10.1. The fraction of sp³-hybridized carbons (Fsp3) is 0.571. The Morgan fingerprint density at radius 1 is 1.08 bits per heavy atom. The van der Waals surface area contributed by atoms with Crippen LogP contribution in [-0.2, 0) is 31.6 Å². The molecule has 6 atom stereocenters. The molecular formula is C14H23N6O14P3. The number of ether oxygens (including phenoxy) is 1. The summed E-state index contributed by atoms with van der Waals surface area (Å²) < 4.78 is 52.9. The van der Waals surface area contributed by atoms with E-state index in [0.29, 0.717) is 5.69 Å². The van der Waals surface area contributed by atoms with Crippen LogP contribution in [0.25, 0.3) is 5.69 Å². The van der Waals surface area contributed by atoms with Crippen LogP contribution >= 0.6 is 23.5 Å². The molecule has 0 aliphatic carbocycles. The van der Waals surface area contributed by atoms with Crippen LogP contribution < -0.4 is 11.4 Å². The molecule has 8 N–H and O–H groups in total. The molecule has 1 saturated heterocycles. The fourth-order valence-corrected chi connectivity index (χ4v) is 6.09. The standard InChI is InChI=1S/C14H23N6O14P3/c1-6(2)7-3-20(18-17-7)8-4-19(14(23)16-12(8)15)13-11(22)10(21)9(32-13)5-31-36(27,28)34-37(29,30)33-35(24,25)26/h3-4,6,9-11,13,21-22H,5H2,1-2H3,(H,27,28)(H,29,30)(H2,15,16,23)(H2,24,25,26)/t9-,10?,11+,13-/m1/s1. The average molecular weight is 592 g/mol. The molecule has 3 unspecified atom stereocenters. The van der Waals surface area contributed by atoms with Gasteiger partial charge in [-0.25, -0.2) is 23.2 Å². The Bertz CT molecular complexity index is 1340. The van der Waals surface area contributed by atoms with Gasteiger partial charge in [-0.1, -0.05) is 19.1 Å². The predicted octanol–water partition coefficient (Wildman–Crippen LogP) is -1.51. The number of aliphatic hydroxyl groups excluding tert-OH is 2. The van der Waals surface area contributed by atoms with Crippen molar-refractivity contribution >= 4 is 29.3 Å². The van der Waals surface area contributed by atoms with Gasteiger partial charge in [-0.05, 0) is 5.92 Å². The number of nitrogens with zero attached hydrogens (tertiary/aromatic N) is 5. The first kappa shape index (κ1) is 29.7. The monoisotopic (exact) mass is 592 g/mol. The van der Waals surface area contributed by atoms with Crippen LogP contribution in [0.4, 0.5) is 5.82 Å². The van der Waals surface area contributed by atoms with E-state index in [1.807, 2.05) is 13.8 Å². The Balaban J connectivity index is 1.77. The summed E-state index contributed by atoms with van der Waals surface area (Å²) in [6, 6.07) is 0. The van der Waals surface area contributed by atoms with E-state index in [1.54, 1.807) is 0 Å². The molecular weight excluding hydrogens is 569 g/mol. The van der Waals surface area contributed by atoms with Gasteiger partial charge in [0, 0.05) is 6.20 Å². The highest BCUT2D eigenvalue weighted by Crippen LogP contribution is 2.66. The van der Waals surface area contributed by atoms with Crippen LogP contribution in [0.1, 0.15) is 31.7 Å². The van der Waals surface area contributed by atoms with Crippen molar-refractivity contribution < 1.29 is 61.4 Å². The van der Waals surface area contributed by atoms with E-state index in [9.17, 15) is 38.5 Å². The van der Waals surface area contributed by atoms with Gasteiger partial charge in [-0.2, -0.15) is 13.6 Å². The zero-order valence-corrected chi connectivity index (χ0v) is 21.5. The van der Waals surface area contributed by atoms with Crippen LogP contribution in [0.15, 0.2) is 17.2 Å². The Morgan fingerprint density at radius 3 is 2.30 bits per heavy atom. The summed E-state index contributed by atoms with van der Waals surface area (Å²) in [6.45, 7) is 2.66. The summed E-state index contributed by atoms with van der Waals surface area (Å²) in [5, 5.41) is 28.6. The molecule has 1 aliphatic rings. The lowest BCUT2D eigenvalue weighted by molar-refractivity contribution is -0.0541. The summed E-state index contributed by atoms with van der Waals surface area (Å²) in [7, 11) is -16.9. The predicted molar refractivity (Wildman–Crippen MR) is 118 cm³/mol.